The monoisotopic (exact) mass is 1030 g/mol. The number of hydrogen-bond donors (Lipinski definition) is 6. The van der Waals surface area contributed by atoms with Gasteiger partial charge in [0, 0.05) is 25.9 Å². The number of amides is 2. The van der Waals surface area contributed by atoms with Gasteiger partial charge in [-0.25, -0.2) is 36.9 Å². The number of alkyl halides is 7. The molecular weight excluding hydrogens is 990 g/mol. The number of urea groups is 1. The number of anilines is 1. The molecule has 0 spiro atoms. The van der Waals surface area contributed by atoms with Crippen molar-refractivity contribution in [3.8, 4) is 17.4 Å². The van der Waals surface area contributed by atoms with Gasteiger partial charge < -0.3 is 35.1 Å². The Kier molecular flexibility index (Phi) is 20.0. The molecule has 0 aliphatic heterocycles. The van der Waals surface area contributed by atoms with Gasteiger partial charge in [-0.1, -0.05) is 23.7 Å². The van der Waals surface area contributed by atoms with Crippen molar-refractivity contribution >= 4 is 58.9 Å². The third-order valence-electron chi connectivity index (χ3n) is 7.51. The number of ether oxygens (including phenoxy) is 3. The van der Waals surface area contributed by atoms with Gasteiger partial charge in [0.1, 0.15) is 16.6 Å². The number of hydrogen-bond acceptors (Lipinski definition) is 15. The van der Waals surface area contributed by atoms with Crippen LogP contribution in [0, 0.1) is 0 Å². The largest absolute Gasteiger partial charge is 0.480 e. The molecule has 4 aromatic rings. The highest BCUT2D eigenvalue weighted by atomic mass is 35.5. The van der Waals surface area contributed by atoms with Crippen LogP contribution in [-0.2, 0) is 37.3 Å². The molecule has 0 aliphatic carbocycles. The lowest BCUT2D eigenvalue weighted by Crippen LogP contribution is -2.40. The van der Waals surface area contributed by atoms with Gasteiger partial charge in [-0.2, -0.15) is 40.7 Å². The second-order valence-electron chi connectivity index (χ2n) is 13.2. The zero-order valence-electron chi connectivity index (χ0n) is 34.4. The summed E-state index contributed by atoms with van der Waals surface area (Å²) in [5.74, 6) is -6.38. The SMILES string of the molecule is CC(C)OC(=O)c1cc(-n2c(=O)cc(C(F)(F)F)n(C)c2=O)ccc1Cl.CP(=O)(O)CCC(N)C(=O)O.O=C(Nc1nc(OC(F)F)cc(OC(F)F)n1)NS(=O)(=O)c1ccccc1C(=O)O. The number of carbonyl (C=O) groups excluding carboxylic acids is 2. The van der Waals surface area contributed by atoms with Gasteiger partial charge in [-0.3, -0.25) is 24.0 Å². The van der Waals surface area contributed by atoms with E-state index >= 15 is 0 Å². The lowest BCUT2D eigenvalue weighted by molar-refractivity contribution is -0.144. The number of carboxylic acids is 2. The molecule has 4 rings (SSSR count). The van der Waals surface area contributed by atoms with Crippen molar-refractivity contribution in [2.24, 2.45) is 12.8 Å². The number of halogens is 8. The smallest absolute Gasteiger partial charge is 0.431 e. The minimum absolute atomic E-state index is 0.0104. The molecule has 2 aromatic heterocycles. The second-order valence-corrected chi connectivity index (χ2v) is 17.8. The third-order valence-corrected chi connectivity index (χ3v) is 10.3. The number of nitrogens with zero attached hydrogens (tertiary/aromatic N) is 4. The lowest BCUT2D eigenvalue weighted by Gasteiger charge is -2.15. The highest BCUT2D eigenvalue weighted by Gasteiger charge is 2.35. The van der Waals surface area contributed by atoms with Crippen LogP contribution in [0.3, 0.4) is 0 Å². The van der Waals surface area contributed by atoms with E-state index in [2.05, 4.69) is 19.4 Å². The maximum Gasteiger partial charge on any atom is 0.431 e. The molecule has 0 radical (unpaired) electrons. The predicted molar refractivity (Wildman–Crippen MR) is 217 cm³/mol. The van der Waals surface area contributed by atoms with Gasteiger partial charge in [0.05, 0.1) is 34.0 Å². The number of aromatic carboxylic acids is 1. The van der Waals surface area contributed by atoms with Gasteiger partial charge in [0.15, 0.2) is 7.37 Å². The fourth-order valence-electron chi connectivity index (χ4n) is 4.67. The maximum absolute atomic E-state index is 12.9. The molecule has 0 saturated heterocycles. The number of aromatic nitrogens is 4. The molecule has 2 aromatic carbocycles. The summed E-state index contributed by atoms with van der Waals surface area (Å²) in [7, 11) is -6.92. The van der Waals surface area contributed by atoms with Crippen LogP contribution in [0.2, 0.25) is 5.02 Å². The zero-order valence-corrected chi connectivity index (χ0v) is 36.9. The average Bonchev–Trinajstić information content (AvgIpc) is 3.17. The van der Waals surface area contributed by atoms with Gasteiger partial charge in [0.25, 0.3) is 15.6 Å². The summed E-state index contributed by atoms with van der Waals surface area (Å²) in [5, 5.41) is 19.0. The summed E-state index contributed by atoms with van der Waals surface area (Å²) < 4.78 is 138. The number of benzene rings is 2. The molecule has 2 unspecified atom stereocenters. The standard InChI is InChI=1S/C16H14ClF3N2O4.C14H10F4N4O7S.C5H12NO4P/c1-8(2)26-14(24)10-6-9(4-5-11(10)17)22-13(23)7-12(16(18,19)20)21(3)15(22)25;15-11(16)28-8-5-9(29-12(17)18)20-13(19-8)21-14(25)22-30(26,27)7-4-2-1-3-6(7)10(23)24;1-11(9,10)3-2-4(6)5(7)8/h4-8H,1-3H3;1-5,11-12H,(H,23,24)(H2,19,20,21,22,25);4H,2-3,6H2,1H3,(H,7,8)(H,9,10). The normalized spacial score (nSPS) is 12.7. The Hall–Kier alpha value is -6.62. The summed E-state index contributed by atoms with van der Waals surface area (Å²) in [6.45, 7) is -2.40. The van der Waals surface area contributed by atoms with Crippen molar-refractivity contribution in [1.29, 1.82) is 0 Å². The Morgan fingerprint density at radius 1 is 0.925 bits per heavy atom. The van der Waals surface area contributed by atoms with Crippen molar-refractivity contribution in [2.45, 2.75) is 56.7 Å². The van der Waals surface area contributed by atoms with Crippen LogP contribution >= 0.6 is 19.0 Å². The van der Waals surface area contributed by atoms with Crippen LogP contribution < -0.4 is 36.5 Å². The summed E-state index contributed by atoms with van der Waals surface area (Å²) in [6.07, 6.45) is -5.30. The molecule has 2 heterocycles. The molecular formula is C35H36ClF7N7O15PS. The molecule has 0 saturated carbocycles. The second kappa shape index (κ2) is 23.7. The van der Waals surface area contributed by atoms with E-state index in [1.54, 1.807) is 19.2 Å². The third kappa shape index (κ3) is 17.9. The van der Waals surface area contributed by atoms with Gasteiger partial charge in [0.2, 0.25) is 17.7 Å². The van der Waals surface area contributed by atoms with Crippen LogP contribution in [0.4, 0.5) is 41.5 Å². The Morgan fingerprint density at radius 3 is 1.96 bits per heavy atom. The molecule has 67 heavy (non-hydrogen) atoms. The zero-order chi connectivity index (χ0) is 51.4. The quantitative estimate of drug-likeness (QED) is 0.0547. The van der Waals surface area contributed by atoms with Gasteiger partial charge in [-0.05, 0) is 50.6 Å². The fraction of sp³-hybridized carbons (Fsp3) is 0.314. The van der Waals surface area contributed by atoms with E-state index in [0.29, 0.717) is 21.3 Å². The first-order valence-electron chi connectivity index (χ1n) is 17.9. The number of carboxylic acid groups (broad SMARTS) is 2. The highest BCUT2D eigenvalue weighted by molar-refractivity contribution is 7.90. The number of esters is 1. The molecule has 0 fully saturated rings. The Labute approximate surface area is 376 Å². The number of aliphatic carboxylic acids is 1. The van der Waals surface area contributed by atoms with Crippen molar-refractivity contribution in [1.82, 2.24) is 23.8 Å². The number of carbonyl (C=O) groups is 4. The van der Waals surface area contributed by atoms with E-state index < -0.39 is 118 Å². The summed E-state index contributed by atoms with van der Waals surface area (Å²) in [6, 6.07) is 6.10. The van der Waals surface area contributed by atoms with Crippen molar-refractivity contribution < 1.29 is 92.2 Å². The van der Waals surface area contributed by atoms with Crippen molar-refractivity contribution in [3.05, 3.63) is 97.3 Å². The highest BCUT2D eigenvalue weighted by Crippen LogP contribution is 2.35. The number of rotatable bonds is 15. The lowest BCUT2D eigenvalue weighted by atomic mass is 10.2. The molecule has 368 valence electrons. The van der Waals surface area contributed by atoms with Gasteiger partial charge in [-0.15, -0.1) is 0 Å². The summed E-state index contributed by atoms with van der Waals surface area (Å²) >= 11 is 5.94. The van der Waals surface area contributed by atoms with E-state index in [-0.39, 0.29) is 28.9 Å². The number of nitrogens with two attached hydrogens (primary N) is 1. The molecule has 7 N–H and O–H groups in total. The average molecular weight is 1030 g/mol. The molecule has 22 nitrogen and oxygen atoms in total. The Bertz CT molecular complexity index is 2710. The predicted octanol–water partition coefficient (Wildman–Crippen LogP) is 4.35. The van der Waals surface area contributed by atoms with Crippen molar-refractivity contribution in [3.63, 3.8) is 0 Å². The topological polar surface area (TPSA) is 328 Å². The van der Waals surface area contributed by atoms with E-state index in [1.807, 2.05) is 0 Å². The molecule has 32 heteroatoms. The van der Waals surface area contributed by atoms with E-state index in [4.69, 9.17) is 37.2 Å². The minimum atomic E-state index is -4.86. The summed E-state index contributed by atoms with van der Waals surface area (Å²) in [5.41, 5.74) is 0.442. The molecule has 0 bridgehead atoms. The number of nitrogens with one attached hydrogen (secondary N) is 2. The van der Waals surface area contributed by atoms with Crippen LogP contribution in [0.1, 0.15) is 46.7 Å². The van der Waals surface area contributed by atoms with Crippen LogP contribution in [0.5, 0.6) is 11.8 Å². The van der Waals surface area contributed by atoms with Crippen LogP contribution in [0.15, 0.2) is 69.1 Å². The van der Waals surface area contributed by atoms with Crippen molar-refractivity contribution in [2.75, 3.05) is 18.1 Å². The first-order valence-corrected chi connectivity index (χ1v) is 22.0. The molecule has 2 amide bonds. The van der Waals surface area contributed by atoms with E-state index in [0.717, 1.165) is 25.2 Å². The Morgan fingerprint density at radius 2 is 1.48 bits per heavy atom. The maximum atomic E-state index is 12.9. The Balaban J connectivity index is 0.000000380. The van der Waals surface area contributed by atoms with E-state index in [1.165, 1.54) is 35.7 Å². The summed E-state index contributed by atoms with van der Waals surface area (Å²) in [4.78, 5) is 84.2. The van der Waals surface area contributed by atoms with E-state index in [9.17, 15) is 72.5 Å². The van der Waals surface area contributed by atoms with Gasteiger partial charge >= 0.3 is 49.0 Å². The molecule has 2 atom stereocenters. The molecule has 0 aliphatic rings. The van der Waals surface area contributed by atoms with Crippen LogP contribution in [0.25, 0.3) is 5.69 Å². The fourth-order valence-corrected chi connectivity index (χ4v) is 6.73. The minimum Gasteiger partial charge on any atom is -0.480 e. The number of sulfonamides is 1. The van der Waals surface area contributed by atoms with Crippen LogP contribution in [-0.4, -0.2) is 105 Å². The first-order chi connectivity index (χ1) is 30.7. The first kappa shape index (κ1) is 56.5.